The molecule has 1 aromatic rings. The van der Waals surface area contributed by atoms with Gasteiger partial charge in [-0.2, -0.15) is 13.4 Å². The summed E-state index contributed by atoms with van der Waals surface area (Å²) in [5.41, 5.74) is -1.29. The van der Waals surface area contributed by atoms with Crippen LogP contribution in [0.4, 0.5) is 0 Å². The molecule has 0 radical (unpaired) electrons. The molecule has 0 saturated heterocycles. The molecule has 0 aromatic carbocycles. The predicted octanol–water partition coefficient (Wildman–Crippen LogP) is -1.16. The van der Waals surface area contributed by atoms with Crippen LogP contribution in [-0.4, -0.2) is 17.4 Å². The zero-order valence-corrected chi connectivity index (χ0v) is 7.79. The van der Waals surface area contributed by atoms with E-state index in [1.165, 1.54) is 6.92 Å². The molecule has 0 N–H and O–H groups in total. The number of aromatic nitrogens is 2. The monoisotopic (exact) mass is 226 g/mol. The van der Waals surface area contributed by atoms with Crippen LogP contribution in [0.25, 0.3) is 0 Å². The second-order valence-corrected chi connectivity index (χ2v) is 4.35. The van der Waals surface area contributed by atoms with Crippen molar-refractivity contribution in [2.75, 3.05) is 0 Å². The smallest absolute Gasteiger partial charge is 0.394 e. The maximum Gasteiger partial charge on any atom is 0.439 e. The number of aryl methyl sites for hydroxylation is 1. The van der Waals surface area contributed by atoms with Crippen molar-refractivity contribution in [1.82, 2.24) is 8.96 Å². The van der Waals surface area contributed by atoms with Crippen LogP contribution in [0.5, 0.6) is 0 Å². The van der Waals surface area contributed by atoms with Gasteiger partial charge in [-0.05, 0) is 0 Å². The molecule has 0 spiro atoms. The van der Waals surface area contributed by atoms with E-state index in [0.29, 0.717) is 0 Å². The first kappa shape index (κ1) is 9.93. The minimum Gasteiger partial charge on any atom is -0.394 e. The summed E-state index contributed by atoms with van der Waals surface area (Å²) in [4.78, 5) is 24.7. The van der Waals surface area contributed by atoms with Crippen molar-refractivity contribution in [3.05, 3.63) is 26.9 Å². The summed E-state index contributed by atoms with van der Waals surface area (Å²) in [5.74, 6) is -1.61. The van der Waals surface area contributed by atoms with Crippen LogP contribution < -0.4 is 11.4 Å². The Bertz CT molecular complexity index is 509. The summed E-state index contributed by atoms with van der Waals surface area (Å²) < 4.78 is 25.2. The van der Waals surface area contributed by atoms with Crippen LogP contribution >= 0.6 is 10.7 Å². The SMILES string of the molecule is Cc1nc(=O)n(S(=O)(=O)Cl)c(=O)o1. The lowest BCUT2D eigenvalue weighted by Crippen LogP contribution is -2.37. The van der Waals surface area contributed by atoms with Gasteiger partial charge < -0.3 is 4.42 Å². The molecule has 13 heavy (non-hydrogen) atoms. The topological polar surface area (TPSA) is 99.2 Å². The molecule has 0 saturated carbocycles. The molecule has 0 amide bonds. The van der Waals surface area contributed by atoms with Gasteiger partial charge >= 0.3 is 20.7 Å². The molecule has 0 unspecified atom stereocenters. The average molecular weight is 227 g/mol. The van der Waals surface area contributed by atoms with E-state index in [9.17, 15) is 18.0 Å². The van der Waals surface area contributed by atoms with Crippen LogP contribution in [0.1, 0.15) is 5.89 Å². The first-order chi connectivity index (χ1) is 5.82. The van der Waals surface area contributed by atoms with E-state index < -0.39 is 20.7 Å². The standard InChI is InChI=1S/C4H3ClN2O5S/c1-2-6-3(8)7(4(9)12-2)13(5,10)11/h1H3. The van der Waals surface area contributed by atoms with E-state index in [1.54, 1.807) is 0 Å². The molecule has 1 heterocycles. The molecule has 0 aliphatic rings. The Labute approximate surface area is 76.1 Å². The molecule has 1 rings (SSSR count). The molecule has 1 aromatic heterocycles. The minimum atomic E-state index is -4.47. The lowest BCUT2D eigenvalue weighted by Gasteiger charge is -1.95. The Hall–Kier alpha value is -1.15. The maximum atomic E-state index is 10.8. The Morgan fingerprint density at radius 3 is 2.38 bits per heavy atom. The van der Waals surface area contributed by atoms with Gasteiger partial charge in [0.05, 0.1) is 0 Å². The third-order valence-electron chi connectivity index (χ3n) is 1.05. The van der Waals surface area contributed by atoms with E-state index in [2.05, 4.69) is 9.40 Å². The van der Waals surface area contributed by atoms with Crippen LogP contribution in [0, 0.1) is 6.92 Å². The van der Waals surface area contributed by atoms with E-state index in [4.69, 9.17) is 10.7 Å². The Kier molecular flexibility index (Phi) is 2.26. The summed E-state index contributed by atoms with van der Waals surface area (Å²) in [7, 11) is 0.283. The van der Waals surface area contributed by atoms with Crippen molar-refractivity contribution in [1.29, 1.82) is 0 Å². The number of halogens is 1. The zero-order chi connectivity index (χ0) is 10.2. The van der Waals surface area contributed by atoms with Gasteiger partial charge in [-0.15, -0.1) is 3.97 Å². The minimum absolute atomic E-state index is 0.230. The molecule has 0 fully saturated rings. The third kappa shape index (κ3) is 1.95. The van der Waals surface area contributed by atoms with Crippen LogP contribution in [0.3, 0.4) is 0 Å². The second kappa shape index (κ2) is 2.96. The lowest BCUT2D eigenvalue weighted by molar-refractivity contribution is 0.411. The van der Waals surface area contributed by atoms with Crippen LogP contribution in [-0.2, 0) is 9.24 Å². The van der Waals surface area contributed by atoms with Gasteiger partial charge in [-0.3, -0.25) is 0 Å². The summed E-state index contributed by atoms with van der Waals surface area (Å²) in [6, 6.07) is 0. The van der Waals surface area contributed by atoms with Crippen molar-refractivity contribution in [3.8, 4) is 0 Å². The summed E-state index contributed by atoms with van der Waals surface area (Å²) in [6.07, 6.45) is 0. The molecule has 0 aliphatic heterocycles. The number of hydrogen-bond donors (Lipinski definition) is 0. The van der Waals surface area contributed by atoms with Gasteiger partial charge in [0, 0.05) is 17.6 Å². The largest absolute Gasteiger partial charge is 0.439 e. The van der Waals surface area contributed by atoms with Gasteiger partial charge in [-0.25, -0.2) is 9.59 Å². The highest BCUT2D eigenvalue weighted by molar-refractivity contribution is 8.12. The highest BCUT2D eigenvalue weighted by Crippen LogP contribution is 1.93. The Morgan fingerprint density at radius 2 is 2.00 bits per heavy atom. The highest BCUT2D eigenvalue weighted by atomic mass is 35.7. The molecule has 0 bridgehead atoms. The van der Waals surface area contributed by atoms with Gasteiger partial charge in [-0.1, -0.05) is 0 Å². The van der Waals surface area contributed by atoms with Crippen molar-refractivity contribution in [2.45, 2.75) is 6.92 Å². The summed E-state index contributed by atoms with van der Waals surface area (Å²) in [5, 5.41) is 0. The molecular formula is C4H3ClN2O5S. The van der Waals surface area contributed by atoms with E-state index in [1.807, 2.05) is 0 Å². The van der Waals surface area contributed by atoms with Gasteiger partial charge in [0.2, 0.25) is 5.89 Å². The third-order valence-corrected chi connectivity index (χ3v) is 2.20. The molecule has 72 valence electrons. The van der Waals surface area contributed by atoms with Gasteiger partial charge in [0.25, 0.3) is 0 Å². The predicted molar refractivity (Wildman–Crippen MR) is 41.9 cm³/mol. The Balaban J connectivity index is 3.78. The summed E-state index contributed by atoms with van der Waals surface area (Å²) >= 11 is 0. The highest BCUT2D eigenvalue weighted by Gasteiger charge is 2.17. The quantitative estimate of drug-likeness (QED) is 0.560. The number of rotatable bonds is 1. The summed E-state index contributed by atoms with van der Waals surface area (Å²) in [6.45, 7) is 1.23. The second-order valence-electron chi connectivity index (χ2n) is 1.99. The first-order valence-electron chi connectivity index (χ1n) is 2.88. The van der Waals surface area contributed by atoms with Crippen LogP contribution in [0.15, 0.2) is 14.0 Å². The molecule has 9 heteroatoms. The van der Waals surface area contributed by atoms with E-state index in [0.717, 1.165) is 0 Å². The fraction of sp³-hybridized carbons (Fsp3) is 0.250. The van der Waals surface area contributed by atoms with Crippen molar-refractivity contribution in [3.63, 3.8) is 0 Å². The molecular weight excluding hydrogens is 224 g/mol. The van der Waals surface area contributed by atoms with Gasteiger partial charge in [0.15, 0.2) is 0 Å². The fourth-order valence-electron chi connectivity index (χ4n) is 0.631. The lowest BCUT2D eigenvalue weighted by atomic mass is 10.8. The van der Waals surface area contributed by atoms with Crippen molar-refractivity contribution < 1.29 is 12.8 Å². The van der Waals surface area contributed by atoms with Crippen LogP contribution in [0.2, 0.25) is 0 Å². The fourth-order valence-corrected chi connectivity index (χ4v) is 1.42. The maximum absolute atomic E-state index is 10.8. The number of nitrogens with zero attached hydrogens (tertiary/aromatic N) is 2. The molecule has 0 atom stereocenters. The van der Waals surface area contributed by atoms with Crippen molar-refractivity contribution in [2.24, 2.45) is 0 Å². The van der Waals surface area contributed by atoms with E-state index in [-0.39, 0.29) is 9.86 Å². The van der Waals surface area contributed by atoms with Gasteiger partial charge in [0.1, 0.15) is 0 Å². The van der Waals surface area contributed by atoms with E-state index >= 15 is 0 Å². The first-order valence-corrected chi connectivity index (χ1v) is 5.15. The normalized spacial score (nSPS) is 11.5. The van der Waals surface area contributed by atoms with Crippen molar-refractivity contribution >= 4 is 19.9 Å². The average Bonchev–Trinajstić information content (AvgIpc) is 1.78. The zero-order valence-electron chi connectivity index (χ0n) is 6.22. The number of hydrogen-bond acceptors (Lipinski definition) is 6. The Morgan fingerprint density at radius 1 is 1.46 bits per heavy atom. The molecule has 0 aliphatic carbocycles. The molecule has 7 nitrogen and oxygen atoms in total.